The molecule has 6 heteroatoms. The second kappa shape index (κ2) is 7.11. The fourth-order valence-electron chi connectivity index (χ4n) is 3.31. The molecule has 1 aliphatic rings. The molecule has 3 aromatic heterocycles. The van der Waals surface area contributed by atoms with E-state index in [1.807, 2.05) is 35.5 Å². The zero-order chi connectivity index (χ0) is 17.1. The van der Waals surface area contributed by atoms with Crippen LogP contribution in [0.25, 0.3) is 0 Å². The predicted molar refractivity (Wildman–Crippen MR) is 96.2 cm³/mol. The molecule has 4 heterocycles. The summed E-state index contributed by atoms with van der Waals surface area (Å²) in [5.41, 5.74) is 3.56. The molecule has 4 rings (SSSR count). The molecule has 6 nitrogen and oxygen atoms in total. The first-order valence-corrected chi connectivity index (χ1v) is 8.70. The Kier molecular flexibility index (Phi) is 4.52. The van der Waals surface area contributed by atoms with Crippen LogP contribution in [0, 0.1) is 6.92 Å². The van der Waals surface area contributed by atoms with Crippen LogP contribution in [0.1, 0.15) is 16.8 Å². The average Bonchev–Trinajstić information content (AvgIpc) is 3.27. The number of aromatic nitrogens is 3. The third-order valence-corrected chi connectivity index (χ3v) is 4.62. The summed E-state index contributed by atoms with van der Waals surface area (Å²) in [6, 6.07) is 8.32. The number of rotatable bonds is 5. The highest BCUT2D eigenvalue weighted by atomic mass is 16.3. The third kappa shape index (κ3) is 3.74. The normalized spacial score (nSPS) is 15.2. The summed E-state index contributed by atoms with van der Waals surface area (Å²) < 4.78 is 7.19. The van der Waals surface area contributed by atoms with Gasteiger partial charge in [-0.3, -0.25) is 9.58 Å². The van der Waals surface area contributed by atoms with Gasteiger partial charge in [-0.25, -0.2) is 4.98 Å². The largest absolute Gasteiger partial charge is 0.472 e. The molecule has 0 atom stereocenters. The van der Waals surface area contributed by atoms with Gasteiger partial charge >= 0.3 is 0 Å². The minimum atomic E-state index is 0.865. The number of hydrogen-bond donors (Lipinski definition) is 0. The Bertz CT molecular complexity index is 797. The summed E-state index contributed by atoms with van der Waals surface area (Å²) in [5, 5.41) is 4.31. The van der Waals surface area contributed by atoms with E-state index in [0.717, 1.165) is 50.8 Å². The summed E-state index contributed by atoms with van der Waals surface area (Å²) in [6.07, 6.45) is 7.40. The highest BCUT2D eigenvalue weighted by Crippen LogP contribution is 2.24. The van der Waals surface area contributed by atoms with Crippen LogP contribution in [0.3, 0.4) is 0 Å². The quantitative estimate of drug-likeness (QED) is 0.716. The van der Waals surface area contributed by atoms with Crippen molar-refractivity contribution in [3.05, 3.63) is 66.0 Å². The van der Waals surface area contributed by atoms with Crippen LogP contribution in [0.4, 0.5) is 5.82 Å². The third-order valence-electron chi connectivity index (χ3n) is 4.62. The first kappa shape index (κ1) is 15.9. The van der Waals surface area contributed by atoms with Crippen LogP contribution in [-0.2, 0) is 19.6 Å². The second-order valence-electron chi connectivity index (χ2n) is 6.53. The Hall–Kier alpha value is -2.60. The number of fused-ring (bicyclic) bond motifs is 1. The van der Waals surface area contributed by atoms with Crippen molar-refractivity contribution < 1.29 is 4.42 Å². The summed E-state index contributed by atoms with van der Waals surface area (Å²) in [4.78, 5) is 9.68. The summed E-state index contributed by atoms with van der Waals surface area (Å²) in [7, 11) is 0. The predicted octanol–water partition coefficient (Wildman–Crippen LogP) is 2.70. The molecule has 0 aromatic carbocycles. The topological polar surface area (TPSA) is 50.3 Å². The summed E-state index contributed by atoms with van der Waals surface area (Å²) in [5.74, 6) is 1.11. The molecule has 0 unspecified atom stereocenters. The molecule has 0 fully saturated rings. The monoisotopic (exact) mass is 337 g/mol. The van der Waals surface area contributed by atoms with Crippen molar-refractivity contribution in [2.45, 2.75) is 26.6 Å². The fourth-order valence-corrected chi connectivity index (χ4v) is 3.31. The number of anilines is 1. The lowest BCUT2D eigenvalue weighted by Gasteiger charge is -2.24. The van der Waals surface area contributed by atoms with Gasteiger partial charge in [0.1, 0.15) is 5.82 Å². The van der Waals surface area contributed by atoms with Crippen LogP contribution < -0.4 is 4.90 Å². The van der Waals surface area contributed by atoms with E-state index in [9.17, 15) is 0 Å². The smallest absolute Gasteiger partial charge is 0.133 e. The molecule has 0 saturated heterocycles. The lowest BCUT2D eigenvalue weighted by Crippen LogP contribution is -2.33. The van der Waals surface area contributed by atoms with Gasteiger partial charge < -0.3 is 9.32 Å². The number of nitrogens with zero attached hydrogens (tertiary/aromatic N) is 5. The highest BCUT2D eigenvalue weighted by Gasteiger charge is 2.21. The van der Waals surface area contributed by atoms with Gasteiger partial charge in [0, 0.05) is 61.9 Å². The van der Waals surface area contributed by atoms with Crippen molar-refractivity contribution in [1.29, 1.82) is 0 Å². The zero-order valence-corrected chi connectivity index (χ0v) is 14.5. The molecule has 130 valence electrons. The van der Waals surface area contributed by atoms with Crippen molar-refractivity contribution in [3.8, 4) is 0 Å². The van der Waals surface area contributed by atoms with Crippen LogP contribution >= 0.6 is 0 Å². The van der Waals surface area contributed by atoms with Gasteiger partial charge in [0.15, 0.2) is 0 Å². The van der Waals surface area contributed by atoms with Crippen molar-refractivity contribution >= 4 is 5.82 Å². The highest BCUT2D eigenvalue weighted by molar-refractivity contribution is 5.48. The standard InChI is InChI=1S/C19H23N5O/c1-16-3-4-18-14-22(13-17-5-12-25-15-17)8-9-23(19(18)21-16)10-11-24-7-2-6-20-24/h2-7,12,15H,8-11,13-14H2,1H3. The van der Waals surface area contributed by atoms with Gasteiger partial charge in [0.25, 0.3) is 0 Å². The first-order valence-electron chi connectivity index (χ1n) is 8.70. The van der Waals surface area contributed by atoms with Gasteiger partial charge in [-0.15, -0.1) is 0 Å². The maximum atomic E-state index is 5.21. The first-order chi connectivity index (χ1) is 12.3. The number of pyridine rings is 1. The molecule has 0 aliphatic carbocycles. The molecule has 0 bridgehead atoms. The molecular formula is C19H23N5O. The lowest BCUT2D eigenvalue weighted by atomic mass is 10.2. The van der Waals surface area contributed by atoms with E-state index in [-0.39, 0.29) is 0 Å². The van der Waals surface area contributed by atoms with E-state index in [1.165, 1.54) is 11.1 Å². The van der Waals surface area contributed by atoms with E-state index in [0.29, 0.717) is 0 Å². The average molecular weight is 337 g/mol. The Labute approximate surface area is 147 Å². The maximum absolute atomic E-state index is 5.21. The van der Waals surface area contributed by atoms with Crippen LogP contribution in [0.2, 0.25) is 0 Å². The van der Waals surface area contributed by atoms with E-state index in [2.05, 4.69) is 34.0 Å². The molecule has 0 amide bonds. The van der Waals surface area contributed by atoms with Crippen LogP contribution in [0.5, 0.6) is 0 Å². The Morgan fingerprint density at radius 1 is 1.16 bits per heavy atom. The van der Waals surface area contributed by atoms with Gasteiger partial charge in [0.2, 0.25) is 0 Å². The number of hydrogen-bond acceptors (Lipinski definition) is 5. The van der Waals surface area contributed by atoms with Crippen LogP contribution in [0.15, 0.2) is 53.6 Å². The molecule has 25 heavy (non-hydrogen) atoms. The van der Waals surface area contributed by atoms with Crippen molar-refractivity contribution in [2.24, 2.45) is 0 Å². The Morgan fingerprint density at radius 2 is 2.12 bits per heavy atom. The zero-order valence-electron chi connectivity index (χ0n) is 14.5. The number of aryl methyl sites for hydroxylation is 1. The van der Waals surface area contributed by atoms with Gasteiger partial charge in [-0.1, -0.05) is 6.07 Å². The van der Waals surface area contributed by atoms with Gasteiger partial charge in [-0.2, -0.15) is 5.10 Å². The minimum Gasteiger partial charge on any atom is -0.472 e. The Morgan fingerprint density at radius 3 is 2.92 bits per heavy atom. The van der Waals surface area contributed by atoms with Crippen molar-refractivity contribution in [3.63, 3.8) is 0 Å². The SMILES string of the molecule is Cc1ccc2c(n1)N(CCn1cccn1)CCN(Cc1ccoc1)C2. The lowest BCUT2D eigenvalue weighted by molar-refractivity contribution is 0.267. The van der Waals surface area contributed by atoms with E-state index in [1.54, 1.807) is 6.26 Å². The molecule has 3 aromatic rings. The fraction of sp³-hybridized carbons (Fsp3) is 0.368. The molecule has 1 aliphatic heterocycles. The van der Waals surface area contributed by atoms with Gasteiger partial charge in [0.05, 0.1) is 19.1 Å². The Balaban J connectivity index is 1.53. The van der Waals surface area contributed by atoms with Crippen molar-refractivity contribution in [2.75, 3.05) is 24.5 Å². The van der Waals surface area contributed by atoms with Crippen LogP contribution in [-0.4, -0.2) is 39.3 Å². The van der Waals surface area contributed by atoms with E-state index >= 15 is 0 Å². The second-order valence-corrected chi connectivity index (χ2v) is 6.53. The molecule has 0 spiro atoms. The summed E-state index contributed by atoms with van der Waals surface area (Å²) in [6.45, 7) is 7.60. The van der Waals surface area contributed by atoms with Crippen molar-refractivity contribution in [1.82, 2.24) is 19.7 Å². The molecule has 0 saturated carbocycles. The summed E-state index contributed by atoms with van der Waals surface area (Å²) >= 11 is 0. The van der Waals surface area contributed by atoms with E-state index in [4.69, 9.17) is 9.40 Å². The minimum absolute atomic E-state index is 0.865. The molecule has 0 radical (unpaired) electrons. The molecular weight excluding hydrogens is 314 g/mol. The van der Waals surface area contributed by atoms with Gasteiger partial charge in [-0.05, 0) is 25.1 Å². The number of furan rings is 1. The molecule has 0 N–H and O–H groups in total. The van der Waals surface area contributed by atoms with E-state index < -0.39 is 0 Å². The maximum Gasteiger partial charge on any atom is 0.133 e.